The van der Waals surface area contributed by atoms with Crippen LogP contribution in [0.25, 0.3) is 0 Å². The van der Waals surface area contributed by atoms with E-state index in [2.05, 4.69) is 0 Å². The van der Waals surface area contributed by atoms with Gasteiger partial charge >= 0.3 is 0 Å². The van der Waals surface area contributed by atoms with Crippen LogP contribution in [0.2, 0.25) is 0 Å². The van der Waals surface area contributed by atoms with Crippen molar-refractivity contribution in [2.24, 2.45) is 5.73 Å². The lowest BCUT2D eigenvalue weighted by Gasteiger charge is -2.16. The Balaban J connectivity index is 3.00. The van der Waals surface area contributed by atoms with E-state index < -0.39 is 6.10 Å². The molecule has 16 heavy (non-hydrogen) atoms. The van der Waals surface area contributed by atoms with E-state index in [9.17, 15) is 4.39 Å². The predicted octanol–water partition coefficient (Wildman–Crippen LogP) is 2.53. The second kappa shape index (κ2) is 5.47. The highest BCUT2D eigenvalue weighted by Gasteiger charge is 2.13. The largest absolute Gasteiger partial charge is 0.475 e. The van der Waals surface area contributed by atoms with E-state index in [0.29, 0.717) is 17.7 Å². The van der Waals surface area contributed by atoms with Crippen molar-refractivity contribution in [1.82, 2.24) is 0 Å². The minimum Gasteiger partial charge on any atom is -0.475 e. The van der Waals surface area contributed by atoms with Gasteiger partial charge < -0.3 is 10.5 Å². The summed E-state index contributed by atoms with van der Waals surface area (Å²) in [6, 6.07) is 5.83. The normalized spacial score (nSPS) is 13.9. The van der Waals surface area contributed by atoms with E-state index in [0.717, 1.165) is 0 Å². The fraction of sp³-hybridized carbons (Fsp3) is 0.417. The van der Waals surface area contributed by atoms with Crippen molar-refractivity contribution in [3.63, 3.8) is 0 Å². The molecule has 0 aliphatic rings. The summed E-state index contributed by atoms with van der Waals surface area (Å²) in [5.41, 5.74) is 6.29. The molecular formula is C12H15FN2O. The Bertz CT molecular complexity index is 398. The van der Waals surface area contributed by atoms with Gasteiger partial charge in [-0.3, -0.25) is 0 Å². The summed E-state index contributed by atoms with van der Waals surface area (Å²) < 4.78 is 18.5. The Morgan fingerprint density at radius 2 is 2.25 bits per heavy atom. The number of nitrogens with two attached hydrogens (primary N) is 1. The van der Waals surface area contributed by atoms with Crippen LogP contribution in [0.4, 0.5) is 4.39 Å². The summed E-state index contributed by atoms with van der Waals surface area (Å²) in [7, 11) is 0. The zero-order chi connectivity index (χ0) is 12.1. The van der Waals surface area contributed by atoms with E-state index in [1.54, 1.807) is 6.92 Å². The number of rotatable bonds is 4. The van der Waals surface area contributed by atoms with Crippen molar-refractivity contribution in [3.05, 3.63) is 29.6 Å². The Morgan fingerprint density at radius 1 is 1.56 bits per heavy atom. The van der Waals surface area contributed by atoms with Gasteiger partial charge in [-0.2, -0.15) is 5.26 Å². The molecule has 0 amide bonds. The molecule has 86 valence electrons. The Labute approximate surface area is 94.6 Å². The van der Waals surface area contributed by atoms with E-state index in [1.165, 1.54) is 18.2 Å². The standard InChI is InChI=1S/C12H15FN2O/c1-3-10(7-14)16-12-5-4-9(13)6-11(12)8(2)15/h4-6,8,10H,3,15H2,1-2H3/t8-,10?/m0/s1. The lowest BCUT2D eigenvalue weighted by atomic mass is 10.1. The van der Waals surface area contributed by atoms with Crippen LogP contribution < -0.4 is 10.5 Å². The van der Waals surface area contributed by atoms with Crippen LogP contribution in [0, 0.1) is 17.1 Å². The molecule has 0 heterocycles. The van der Waals surface area contributed by atoms with Gasteiger partial charge in [0.25, 0.3) is 0 Å². The van der Waals surface area contributed by atoms with Crippen LogP contribution in [0.15, 0.2) is 18.2 Å². The summed E-state index contributed by atoms with van der Waals surface area (Å²) in [6.07, 6.45) is 0.0506. The molecule has 1 unspecified atom stereocenters. The number of benzene rings is 1. The average molecular weight is 222 g/mol. The van der Waals surface area contributed by atoms with Crippen LogP contribution in [-0.2, 0) is 0 Å². The second-order valence-corrected chi connectivity index (χ2v) is 3.61. The predicted molar refractivity (Wildman–Crippen MR) is 59.3 cm³/mol. The molecule has 0 aliphatic heterocycles. The Hall–Kier alpha value is -1.60. The number of nitrogens with zero attached hydrogens (tertiary/aromatic N) is 1. The fourth-order valence-corrected chi connectivity index (χ4v) is 1.34. The van der Waals surface area contributed by atoms with E-state index in [4.69, 9.17) is 15.7 Å². The SMILES string of the molecule is CCC(C#N)Oc1ccc(F)cc1[C@H](C)N. The molecule has 1 rings (SSSR count). The number of hydrogen-bond acceptors (Lipinski definition) is 3. The molecule has 1 aromatic carbocycles. The molecule has 0 saturated carbocycles. The molecule has 0 bridgehead atoms. The number of ether oxygens (including phenoxy) is 1. The van der Waals surface area contributed by atoms with Gasteiger partial charge in [-0.05, 0) is 31.5 Å². The van der Waals surface area contributed by atoms with Gasteiger partial charge in [-0.25, -0.2) is 4.39 Å². The summed E-state index contributed by atoms with van der Waals surface area (Å²) in [6.45, 7) is 3.60. The lowest BCUT2D eigenvalue weighted by Crippen LogP contribution is -2.15. The minimum absolute atomic E-state index is 0.332. The monoisotopic (exact) mass is 222 g/mol. The van der Waals surface area contributed by atoms with Crippen molar-refractivity contribution in [1.29, 1.82) is 5.26 Å². The van der Waals surface area contributed by atoms with E-state index in [1.807, 2.05) is 13.0 Å². The zero-order valence-corrected chi connectivity index (χ0v) is 9.40. The topological polar surface area (TPSA) is 59.0 Å². The number of nitriles is 1. The number of hydrogen-bond donors (Lipinski definition) is 1. The zero-order valence-electron chi connectivity index (χ0n) is 9.40. The van der Waals surface area contributed by atoms with Crippen LogP contribution in [0.3, 0.4) is 0 Å². The number of halogens is 1. The quantitative estimate of drug-likeness (QED) is 0.851. The van der Waals surface area contributed by atoms with Gasteiger partial charge in [-0.1, -0.05) is 6.92 Å². The molecule has 2 N–H and O–H groups in total. The maximum Gasteiger partial charge on any atom is 0.184 e. The first-order valence-corrected chi connectivity index (χ1v) is 5.19. The van der Waals surface area contributed by atoms with Crippen molar-refractivity contribution in [2.45, 2.75) is 32.4 Å². The van der Waals surface area contributed by atoms with E-state index >= 15 is 0 Å². The van der Waals surface area contributed by atoms with Crippen molar-refractivity contribution >= 4 is 0 Å². The highest BCUT2D eigenvalue weighted by atomic mass is 19.1. The highest BCUT2D eigenvalue weighted by molar-refractivity contribution is 5.36. The molecule has 0 aromatic heterocycles. The van der Waals surface area contributed by atoms with Gasteiger partial charge in [-0.15, -0.1) is 0 Å². The van der Waals surface area contributed by atoms with Crippen LogP contribution >= 0.6 is 0 Å². The Morgan fingerprint density at radius 3 is 2.75 bits per heavy atom. The minimum atomic E-state index is -0.525. The summed E-state index contributed by atoms with van der Waals surface area (Å²) in [5.74, 6) is 0.120. The summed E-state index contributed by atoms with van der Waals surface area (Å²) in [5, 5.41) is 8.79. The van der Waals surface area contributed by atoms with Crippen LogP contribution in [0.5, 0.6) is 5.75 Å². The third-order valence-corrected chi connectivity index (χ3v) is 2.25. The van der Waals surface area contributed by atoms with Crippen molar-refractivity contribution in [3.8, 4) is 11.8 Å². The molecular weight excluding hydrogens is 207 g/mol. The lowest BCUT2D eigenvalue weighted by molar-refractivity contribution is 0.248. The molecule has 0 aliphatic carbocycles. The van der Waals surface area contributed by atoms with Gasteiger partial charge in [0.2, 0.25) is 0 Å². The first-order valence-electron chi connectivity index (χ1n) is 5.19. The van der Waals surface area contributed by atoms with E-state index in [-0.39, 0.29) is 11.9 Å². The molecule has 4 heteroatoms. The summed E-state index contributed by atoms with van der Waals surface area (Å²) in [4.78, 5) is 0. The molecule has 0 spiro atoms. The third-order valence-electron chi connectivity index (χ3n) is 2.25. The first-order chi connectivity index (χ1) is 7.58. The fourth-order valence-electron chi connectivity index (χ4n) is 1.34. The molecule has 0 saturated heterocycles. The molecule has 2 atom stereocenters. The van der Waals surface area contributed by atoms with Gasteiger partial charge in [0, 0.05) is 11.6 Å². The smallest absolute Gasteiger partial charge is 0.184 e. The van der Waals surface area contributed by atoms with Crippen molar-refractivity contribution < 1.29 is 9.13 Å². The average Bonchev–Trinajstić information content (AvgIpc) is 2.27. The van der Waals surface area contributed by atoms with Gasteiger partial charge in [0.15, 0.2) is 6.10 Å². The molecule has 0 radical (unpaired) electrons. The highest BCUT2D eigenvalue weighted by Crippen LogP contribution is 2.26. The van der Waals surface area contributed by atoms with Crippen molar-refractivity contribution in [2.75, 3.05) is 0 Å². The van der Waals surface area contributed by atoms with Gasteiger partial charge in [0.1, 0.15) is 17.6 Å². The molecule has 0 fully saturated rings. The first kappa shape index (κ1) is 12.5. The maximum absolute atomic E-state index is 13.0. The Kier molecular flexibility index (Phi) is 4.27. The molecule has 1 aromatic rings. The van der Waals surface area contributed by atoms with Crippen LogP contribution in [-0.4, -0.2) is 6.10 Å². The summed E-state index contributed by atoms with van der Waals surface area (Å²) >= 11 is 0. The molecule has 3 nitrogen and oxygen atoms in total. The van der Waals surface area contributed by atoms with Crippen LogP contribution in [0.1, 0.15) is 31.9 Å². The second-order valence-electron chi connectivity index (χ2n) is 3.61. The maximum atomic E-state index is 13.0. The van der Waals surface area contributed by atoms with Gasteiger partial charge in [0.05, 0.1) is 0 Å². The third kappa shape index (κ3) is 2.94.